The number of carbonyl (C=O) groups excluding carboxylic acids is 1. The third-order valence-electron chi connectivity index (χ3n) is 5.61. The van der Waals surface area contributed by atoms with Gasteiger partial charge in [0, 0.05) is 39.7 Å². The Hall–Kier alpha value is -2.06. The molecule has 0 radical (unpaired) electrons. The molecule has 3 rings (SSSR count). The number of likely N-dealkylation sites (tertiary alicyclic amines) is 2. The van der Waals surface area contributed by atoms with E-state index < -0.39 is 30.3 Å². The Morgan fingerprint density at radius 1 is 1.29 bits per heavy atom. The van der Waals surface area contributed by atoms with E-state index in [1.165, 1.54) is 11.0 Å². The molecule has 2 aliphatic heterocycles. The van der Waals surface area contributed by atoms with Crippen molar-refractivity contribution in [3.63, 3.8) is 0 Å². The second-order valence-corrected chi connectivity index (χ2v) is 7.81. The summed E-state index contributed by atoms with van der Waals surface area (Å²) < 4.78 is 34.3. The molecule has 1 unspecified atom stereocenters. The quantitative estimate of drug-likeness (QED) is 0.800. The summed E-state index contributed by atoms with van der Waals surface area (Å²) in [5.74, 6) is -4.34. The van der Waals surface area contributed by atoms with Crippen molar-refractivity contribution in [2.24, 2.45) is 5.41 Å². The van der Waals surface area contributed by atoms with Gasteiger partial charge in [-0.1, -0.05) is 18.2 Å². The van der Waals surface area contributed by atoms with Crippen LogP contribution in [0, 0.1) is 5.41 Å². The van der Waals surface area contributed by atoms with Crippen molar-refractivity contribution in [3.8, 4) is 0 Å². The molecule has 1 N–H and O–H groups in total. The number of aromatic carboxylic acids is 1. The van der Waals surface area contributed by atoms with Crippen LogP contribution in [0.4, 0.5) is 8.78 Å². The number of rotatable bonds is 6. The van der Waals surface area contributed by atoms with Gasteiger partial charge in [0.2, 0.25) is 5.91 Å². The molecule has 154 valence electrons. The predicted molar refractivity (Wildman–Crippen MR) is 98.4 cm³/mol. The number of nitrogens with zero attached hydrogens (tertiary/aromatic N) is 2. The number of hydrogen-bond donors (Lipinski definition) is 1. The third kappa shape index (κ3) is 4.33. The molecule has 0 aromatic heterocycles. The largest absolute Gasteiger partial charge is 0.478 e. The summed E-state index contributed by atoms with van der Waals surface area (Å²) >= 11 is 0. The lowest BCUT2D eigenvalue weighted by Gasteiger charge is -2.49. The minimum atomic E-state index is -3.00. The van der Waals surface area contributed by atoms with Crippen LogP contribution in [0.25, 0.3) is 0 Å². The van der Waals surface area contributed by atoms with Crippen LogP contribution in [-0.4, -0.2) is 72.6 Å². The van der Waals surface area contributed by atoms with Crippen molar-refractivity contribution in [3.05, 3.63) is 35.4 Å². The number of halogens is 2. The Bertz CT molecular complexity index is 743. The summed E-state index contributed by atoms with van der Waals surface area (Å²) in [6, 6.07) is 6.40. The van der Waals surface area contributed by atoms with Gasteiger partial charge >= 0.3 is 5.97 Å². The van der Waals surface area contributed by atoms with E-state index >= 15 is 0 Å². The van der Waals surface area contributed by atoms with Crippen LogP contribution in [0.5, 0.6) is 0 Å². The molecule has 0 saturated carbocycles. The monoisotopic (exact) mass is 396 g/mol. The van der Waals surface area contributed by atoms with E-state index in [9.17, 15) is 23.5 Å². The van der Waals surface area contributed by atoms with Crippen LogP contribution in [0.2, 0.25) is 0 Å². The lowest BCUT2D eigenvalue weighted by Crippen LogP contribution is -2.61. The average molecular weight is 396 g/mol. The highest BCUT2D eigenvalue weighted by Crippen LogP contribution is 2.45. The van der Waals surface area contributed by atoms with Crippen molar-refractivity contribution >= 4 is 11.9 Å². The Kier molecular flexibility index (Phi) is 6.00. The molecule has 6 nitrogen and oxygen atoms in total. The molecular formula is C20H26F2N2O4. The van der Waals surface area contributed by atoms with E-state index in [4.69, 9.17) is 4.74 Å². The Labute approximate surface area is 163 Å². The second kappa shape index (κ2) is 8.13. The van der Waals surface area contributed by atoms with E-state index in [0.29, 0.717) is 38.1 Å². The predicted octanol–water partition coefficient (Wildman–Crippen LogP) is 2.48. The molecule has 1 aromatic carbocycles. The number of benzene rings is 1. The molecule has 2 saturated heterocycles. The molecule has 0 aliphatic carbocycles. The molecule has 28 heavy (non-hydrogen) atoms. The van der Waals surface area contributed by atoms with E-state index in [1.807, 2.05) is 0 Å². The number of hydrogen-bond acceptors (Lipinski definition) is 4. The summed E-state index contributed by atoms with van der Waals surface area (Å²) in [6.45, 7) is 1.12. The molecule has 1 amide bonds. The molecular weight excluding hydrogens is 370 g/mol. The van der Waals surface area contributed by atoms with Crippen molar-refractivity contribution < 1.29 is 28.2 Å². The van der Waals surface area contributed by atoms with Gasteiger partial charge in [0.15, 0.2) is 0 Å². The van der Waals surface area contributed by atoms with Gasteiger partial charge in [0.25, 0.3) is 5.92 Å². The van der Waals surface area contributed by atoms with Gasteiger partial charge in [0.1, 0.15) is 0 Å². The van der Waals surface area contributed by atoms with Crippen LogP contribution < -0.4 is 0 Å². The maximum absolute atomic E-state index is 14.6. The van der Waals surface area contributed by atoms with Gasteiger partial charge < -0.3 is 14.7 Å². The fourth-order valence-corrected chi connectivity index (χ4v) is 4.52. The maximum Gasteiger partial charge on any atom is 0.336 e. The minimum absolute atomic E-state index is 0.0746. The van der Waals surface area contributed by atoms with Gasteiger partial charge in [-0.3, -0.25) is 9.69 Å². The standard InChI is InChI=1S/C20H26F2N2O4/c1-28-10-9-24-8-4-7-19(18(24)27)12-20(21,22)14-23(13-19)11-15-5-2-3-6-16(15)17(25)26/h2-3,5-6H,4,7-14H2,1H3,(H,25,26). The highest BCUT2D eigenvalue weighted by Gasteiger charge is 2.55. The SMILES string of the molecule is COCCN1CCCC2(CN(Cc3ccccc3C(=O)O)CC(F)(F)C2)C1=O. The van der Waals surface area contributed by atoms with E-state index in [1.54, 1.807) is 30.2 Å². The Morgan fingerprint density at radius 2 is 2.04 bits per heavy atom. The molecule has 1 aromatic rings. The smallest absolute Gasteiger partial charge is 0.336 e. The number of ether oxygens (including phenoxy) is 1. The van der Waals surface area contributed by atoms with Crippen molar-refractivity contribution in [2.75, 3.05) is 39.9 Å². The first-order valence-corrected chi connectivity index (χ1v) is 9.46. The average Bonchev–Trinajstić information content (AvgIpc) is 2.62. The van der Waals surface area contributed by atoms with Gasteiger partial charge in [-0.15, -0.1) is 0 Å². The highest BCUT2D eigenvalue weighted by atomic mass is 19.3. The minimum Gasteiger partial charge on any atom is -0.478 e. The number of alkyl halides is 2. The van der Waals surface area contributed by atoms with Crippen LogP contribution in [0.15, 0.2) is 24.3 Å². The van der Waals surface area contributed by atoms with Crippen molar-refractivity contribution in [1.82, 2.24) is 9.80 Å². The van der Waals surface area contributed by atoms with Crippen molar-refractivity contribution in [1.29, 1.82) is 0 Å². The number of methoxy groups -OCH3 is 1. The highest BCUT2D eigenvalue weighted by molar-refractivity contribution is 5.89. The normalized spacial score (nSPS) is 25.2. The number of carbonyl (C=O) groups is 2. The lowest BCUT2D eigenvalue weighted by molar-refractivity contribution is -0.170. The van der Waals surface area contributed by atoms with Crippen LogP contribution >= 0.6 is 0 Å². The molecule has 8 heteroatoms. The first kappa shape index (κ1) is 20.7. The second-order valence-electron chi connectivity index (χ2n) is 7.81. The molecule has 1 spiro atoms. The van der Waals surface area contributed by atoms with E-state index in [0.717, 1.165) is 0 Å². The summed E-state index contributed by atoms with van der Waals surface area (Å²) in [5, 5.41) is 9.36. The molecule has 2 heterocycles. The number of carboxylic acid groups (broad SMARTS) is 1. The van der Waals surface area contributed by atoms with Gasteiger partial charge in [-0.25, -0.2) is 13.6 Å². The zero-order valence-corrected chi connectivity index (χ0v) is 16.0. The maximum atomic E-state index is 14.6. The van der Waals surface area contributed by atoms with Gasteiger partial charge in [0.05, 0.1) is 24.1 Å². The van der Waals surface area contributed by atoms with Crippen LogP contribution in [0.3, 0.4) is 0 Å². The summed E-state index contributed by atoms with van der Waals surface area (Å²) in [7, 11) is 1.54. The Morgan fingerprint density at radius 3 is 2.75 bits per heavy atom. The fourth-order valence-electron chi connectivity index (χ4n) is 4.52. The zero-order chi connectivity index (χ0) is 20.4. The van der Waals surface area contributed by atoms with Crippen LogP contribution in [-0.2, 0) is 16.1 Å². The topological polar surface area (TPSA) is 70.1 Å². The van der Waals surface area contributed by atoms with Gasteiger partial charge in [-0.2, -0.15) is 0 Å². The fraction of sp³-hybridized carbons (Fsp3) is 0.600. The molecule has 0 bridgehead atoms. The first-order chi connectivity index (χ1) is 13.3. The molecule has 2 aliphatic rings. The molecule has 1 atom stereocenters. The van der Waals surface area contributed by atoms with Crippen LogP contribution in [0.1, 0.15) is 35.2 Å². The summed E-state index contributed by atoms with van der Waals surface area (Å²) in [6.07, 6.45) is 0.631. The number of piperidine rings is 2. The summed E-state index contributed by atoms with van der Waals surface area (Å²) in [4.78, 5) is 27.7. The Balaban J connectivity index is 1.83. The first-order valence-electron chi connectivity index (χ1n) is 9.46. The number of carboxylic acids is 1. The van der Waals surface area contributed by atoms with E-state index in [2.05, 4.69) is 0 Å². The lowest BCUT2D eigenvalue weighted by atomic mass is 9.71. The van der Waals surface area contributed by atoms with Crippen molar-refractivity contribution in [2.45, 2.75) is 31.7 Å². The summed E-state index contributed by atoms with van der Waals surface area (Å²) in [5.41, 5.74) is -0.559. The number of amides is 1. The van der Waals surface area contributed by atoms with E-state index in [-0.39, 0.29) is 24.6 Å². The third-order valence-corrected chi connectivity index (χ3v) is 5.61. The van der Waals surface area contributed by atoms with Gasteiger partial charge in [-0.05, 0) is 24.5 Å². The zero-order valence-electron chi connectivity index (χ0n) is 16.0. The molecule has 2 fully saturated rings.